The molecule has 8 heteroatoms. The fourth-order valence-corrected chi connectivity index (χ4v) is 9.40. The molecular formula is C28H40O8. The van der Waals surface area contributed by atoms with Crippen molar-refractivity contribution >= 4 is 23.5 Å². The lowest BCUT2D eigenvalue weighted by atomic mass is 9.33. The van der Waals surface area contributed by atoms with Crippen LogP contribution in [0.15, 0.2) is 11.6 Å². The number of carbonyl (C=O) groups excluding carboxylic acids is 4. The number of carbonyl (C=O) groups is 4. The minimum Gasteiger partial charge on any atom is -0.468 e. The highest BCUT2D eigenvalue weighted by Gasteiger charge is 2.85. The molecule has 8 nitrogen and oxygen atoms in total. The van der Waals surface area contributed by atoms with Crippen LogP contribution in [0.1, 0.15) is 74.1 Å². The third-order valence-electron chi connectivity index (χ3n) is 11.1. The van der Waals surface area contributed by atoms with E-state index in [0.29, 0.717) is 31.3 Å². The second-order valence-corrected chi connectivity index (χ2v) is 12.8. The van der Waals surface area contributed by atoms with Crippen molar-refractivity contribution in [3.63, 3.8) is 0 Å². The standard InChI is InChI=1S/C28H40O8/c1-15-13-18-24(5,28(22(33)35-8)21(32)26(7,34)20(31)25(15,28)6)11-9-17-23(3,4)19(36-16(2)30)10-12-27(17,18)14-29/h13,17-19,29,34H,9-12,14H2,1-8H3/t17-,18+,19-,24-,25+,26+,27+,28-/m0/s1. The number of fused-ring (bicyclic) bond motifs is 5. The molecule has 4 aliphatic carbocycles. The maximum Gasteiger partial charge on any atom is 0.321 e. The van der Waals surface area contributed by atoms with E-state index in [1.807, 2.05) is 26.8 Å². The first-order chi connectivity index (χ1) is 16.5. The zero-order valence-electron chi connectivity index (χ0n) is 22.7. The van der Waals surface area contributed by atoms with Gasteiger partial charge in [-0.2, -0.15) is 0 Å². The van der Waals surface area contributed by atoms with E-state index in [9.17, 15) is 29.4 Å². The Bertz CT molecular complexity index is 1070. The van der Waals surface area contributed by atoms with Crippen molar-refractivity contribution in [1.29, 1.82) is 0 Å². The van der Waals surface area contributed by atoms with E-state index in [1.54, 1.807) is 13.8 Å². The molecule has 3 saturated carbocycles. The van der Waals surface area contributed by atoms with Gasteiger partial charge in [0.1, 0.15) is 6.10 Å². The van der Waals surface area contributed by atoms with Crippen molar-refractivity contribution in [3.8, 4) is 0 Å². The molecule has 0 spiro atoms. The van der Waals surface area contributed by atoms with Gasteiger partial charge in [-0.1, -0.05) is 32.4 Å². The van der Waals surface area contributed by atoms with Gasteiger partial charge in [-0.25, -0.2) is 0 Å². The van der Waals surface area contributed by atoms with Gasteiger partial charge in [-0.15, -0.1) is 0 Å². The fourth-order valence-electron chi connectivity index (χ4n) is 9.40. The van der Waals surface area contributed by atoms with Gasteiger partial charge in [0, 0.05) is 24.4 Å². The summed E-state index contributed by atoms with van der Waals surface area (Å²) < 4.78 is 11.0. The smallest absolute Gasteiger partial charge is 0.321 e. The van der Waals surface area contributed by atoms with Crippen LogP contribution in [0.25, 0.3) is 0 Å². The van der Waals surface area contributed by atoms with Crippen LogP contribution in [-0.4, -0.2) is 59.1 Å². The van der Waals surface area contributed by atoms with Gasteiger partial charge in [-0.05, 0) is 63.7 Å². The van der Waals surface area contributed by atoms with Crippen LogP contribution in [0, 0.1) is 38.9 Å². The van der Waals surface area contributed by atoms with Crippen molar-refractivity contribution in [2.45, 2.75) is 85.9 Å². The summed E-state index contributed by atoms with van der Waals surface area (Å²) in [6.45, 7) is 11.6. The first kappa shape index (κ1) is 27.0. The lowest BCUT2D eigenvalue weighted by molar-refractivity contribution is -0.230. The van der Waals surface area contributed by atoms with Crippen LogP contribution in [0.3, 0.4) is 0 Å². The molecule has 8 atom stereocenters. The molecule has 0 unspecified atom stereocenters. The lowest BCUT2D eigenvalue weighted by Gasteiger charge is -2.68. The SMILES string of the molecule is COC(=O)[C@]12C(=O)[C@](C)(O)C(=O)[C@@]1(C)C(C)=C[C@H]1[C@@]3(CO)CC[C@H](OC(C)=O)C(C)(C)[C@@H]3CC[C@@]12C. The predicted molar refractivity (Wildman–Crippen MR) is 129 cm³/mol. The summed E-state index contributed by atoms with van der Waals surface area (Å²) in [5.74, 6) is -3.23. The summed E-state index contributed by atoms with van der Waals surface area (Å²) in [5, 5.41) is 22.3. The van der Waals surface area contributed by atoms with E-state index in [4.69, 9.17) is 9.47 Å². The average Bonchev–Trinajstić information content (AvgIpc) is 2.93. The third kappa shape index (κ3) is 2.67. The molecule has 3 fully saturated rings. The Morgan fingerprint density at radius 1 is 1.06 bits per heavy atom. The van der Waals surface area contributed by atoms with Crippen LogP contribution >= 0.6 is 0 Å². The molecule has 200 valence electrons. The predicted octanol–water partition coefficient (Wildman–Crippen LogP) is 2.78. The summed E-state index contributed by atoms with van der Waals surface area (Å²) >= 11 is 0. The maximum absolute atomic E-state index is 14.1. The second kappa shape index (κ2) is 7.73. The molecule has 0 heterocycles. The van der Waals surface area contributed by atoms with Crippen molar-refractivity contribution in [1.82, 2.24) is 0 Å². The summed E-state index contributed by atoms with van der Waals surface area (Å²) in [7, 11) is 1.20. The van der Waals surface area contributed by atoms with Gasteiger partial charge >= 0.3 is 11.9 Å². The molecular weight excluding hydrogens is 464 g/mol. The number of hydrogen-bond donors (Lipinski definition) is 2. The van der Waals surface area contributed by atoms with E-state index in [2.05, 4.69) is 0 Å². The molecule has 2 N–H and O–H groups in total. The molecule has 0 saturated heterocycles. The number of Topliss-reactive ketones (excluding diaryl/α,β-unsaturated/α-hetero) is 2. The van der Waals surface area contributed by atoms with Crippen LogP contribution in [-0.2, 0) is 28.7 Å². The molecule has 0 aromatic rings. The zero-order valence-corrected chi connectivity index (χ0v) is 22.7. The number of allylic oxidation sites excluding steroid dienone is 2. The molecule has 4 rings (SSSR count). The lowest BCUT2D eigenvalue weighted by Crippen LogP contribution is -2.71. The number of aliphatic hydroxyl groups is 2. The largest absolute Gasteiger partial charge is 0.468 e. The molecule has 0 aliphatic heterocycles. The molecule has 0 bridgehead atoms. The van der Waals surface area contributed by atoms with E-state index >= 15 is 0 Å². The van der Waals surface area contributed by atoms with Gasteiger partial charge in [-0.3, -0.25) is 19.2 Å². The number of rotatable bonds is 3. The zero-order chi connectivity index (χ0) is 27.3. The first-order valence-electron chi connectivity index (χ1n) is 12.9. The van der Waals surface area contributed by atoms with Crippen molar-refractivity contribution in [2.24, 2.45) is 38.9 Å². The Labute approximate surface area is 212 Å². The second-order valence-electron chi connectivity index (χ2n) is 12.8. The number of aliphatic hydroxyl groups excluding tert-OH is 1. The van der Waals surface area contributed by atoms with Crippen molar-refractivity contribution in [2.75, 3.05) is 13.7 Å². The fraction of sp³-hybridized carbons (Fsp3) is 0.786. The quantitative estimate of drug-likeness (QED) is 0.341. The molecule has 0 radical (unpaired) electrons. The number of hydrogen-bond acceptors (Lipinski definition) is 8. The Balaban J connectivity index is 2.00. The Kier molecular flexibility index (Phi) is 5.79. The van der Waals surface area contributed by atoms with E-state index in [-0.39, 0.29) is 24.6 Å². The van der Waals surface area contributed by atoms with Crippen molar-refractivity contribution in [3.05, 3.63) is 11.6 Å². The molecule has 0 aromatic carbocycles. The van der Waals surface area contributed by atoms with Gasteiger partial charge in [0.15, 0.2) is 22.6 Å². The summed E-state index contributed by atoms with van der Waals surface area (Å²) in [6.07, 6.45) is 3.63. The maximum atomic E-state index is 14.1. The minimum atomic E-state index is -2.34. The van der Waals surface area contributed by atoms with Crippen molar-refractivity contribution < 1.29 is 38.9 Å². The number of esters is 2. The van der Waals surface area contributed by atoms with E-state index in [1.165, 1.54) is 21.0 Å². The highest BCUT2D eigenvalue weighted by atomic mass is 16.5. The first-order valence-corrected chi connectivity index (χ1v) is 12.9. The normalized spacial score (nSPS) is 47.3. The van der Waals surface area contributed by atoms with E-state index < -0.39 is 56.1 Å². The van der Waals surface area contributed by atoms with Crippen LogP contribution in [0.2, 0.25) is 0 Å². The van der Waals surface area contributed by atoms with Gasteiger partial charge < -0.3 is 19.7 Å². The number of ketones is 2. The van der Waals surface area contributed by atoms with E-state index in [0.717, 1.165) is 0 Å². The average molecular weight is 505 g/mol. The molecule has 0 aromatic heterocycles. The highest BCUT2D eigenvalue weighted by molar-refractivity contribution is 6.30. The van der Waals surface area contributed by atoms with Crippen LogP contribution < -0.4 is 0 Å². The third-order valence-corrected chi connectivity index (χ3v) is 11.1. The van der Waals surface area contributed by atoms with Gasteiger partial charge in [0.2, 0.25) is 0 Å². The number of methoxy groups -OCH3 is 1. The number of ether oxygens (including phenoxy) is 2. The topological polar surface area (TPSA) is 127 Å². The van der Waals surface area contributed by atoms with Crippen LogP contribution in [0.5, 0.6) is 0 Å². The van der Waals surface area contributed by atoms with Gasteiger partial charge in [0.25, 0.3) is 0 Å². The monoisotopic (exact) mass is 504 g/mol. The molecule has 0 amide bonds. The Morgan fingerprint density at radius 3 is 2.19 bits per heavy atom. The van der Waals surface area contributed by atoms with Gasteiger partial charge in [0.05, 0.1) is 12.5 Å². The Morgan fingerprint density at radius 2 is 1.67 bits per heavy atom. The summed E-state index contributed by atoms with van der Waals surface area (Å²) in [4.78, 5) is 53.5. The van der Waals surface area contributed by atoms with Crippen LogP contribution in [0.4, 0.5) is 0 Å². The molecule has 4 aliphatic rings. The summed E-state index contributed by atoms with van der Waals surface area (Å²) in [5.41, 5.74) is -7.65. The molecule has 36 heavy (non-hydrogen) atoms. The highest BCUT2D eigenvalue weighted by Crippen LogP contribution is 2.76. The summed E-state index contributed by atoms with van der Waals surface area (Å²) in [6, 6.07) is 0. The Hall–Kier alpha value is -2.06. The minimum absolute atomic E-state index is 0.0815.